The van der Waals surface area contributed by atoms with Crippen molar-refractivity contribution in [3.8, 4) is 0 Å². The van der Waals surface area contributed by atoms with Crippen LogP contribution in [0.25, 0.3) is 0 Å². The topological polar surface area (TPSA) is 30.0 Å². The highest BCUT2D eigenvalue weighted by molar-refractivity contribution is 7.84. The van der Waals surface area contributed by atoms with Gasteiger partial charge in [-0.15, -0.1) is 0 Å². The molecule has 1 heterocycles. The fourth-order valence-corrected chi connectivity index (χ4v) is 2.38. The summed E-state index contributed by atoms with van der Waals surface area (Å²) in [5.74, 6) is -1.74. The Bertz CT molecular complexity index is 545. The Morgan fingerprint density at radius 1 is 1.12 bits per heavy atom. The standard InChI is InChI=1S/C12H9F2NOS/c13-11-5-4-10(7-12(11)14)17(16)8-9-3-1-2-6-15-9/h1-7H,8H2/t17-/m0/s1. The van der Waals surface area contributed by atoms with E-state index in [-0.39, 0.29) is 10.6 Å². The molecule has 1 aromatic carbocycles. The van der Waals surface area contributed by atoms with Crippen molar-refractivity contribution in [3.63, 3.8) is 0 Å². The number of benzene rings is 1. The third-order valence-corrected chi connectivity index (χ3v) is 3.50. The SMILES string of the molecule is O=[S@@](Cc1ccccn1)c1ccc(F)c(F)c1. The molecule has 5 heteroatoms. The molecule has 0 aliphatic heterocycles. The van der Waals surface area contributed by atoms with E-state index in [1.54, 1.807) is 24.4 Å². The van der Waals surface area contributed by atoms with E-state index in [1.165, 1.54) is 6.07 Å². The van der Waals surface area contributed by atoms with Crippen molar-refractivity contribution in [1.82, 2.24) is 4.98 Å². The van der Waals surface area contributed by atoms with Gasteiger partial charge < -0.3 is 0 Å². The van der Waals surface area contributed by atoms with Crippen LogP contribution in [0.1, 0.15) is 5.69 Å². The van der Waals surface area contributed by atoms with Gasteiger partial charge in [-0.25, -0.2) is 8.78 Å². The van der Waals surface area contributed by atoms with E-state index in [0.717, 1.165) is 12.1 Å². The summed E-state index contributed by atoms with van der Waals surface area (Å²) in [7, 11) is -1.42. The molecule has 0 saturated heterocycles. The number of aromatic nitrogens is 1. The first kappa shape index (κ1) is 11.9. The predicted molar refractivity (Wildman–Crippen MR) is 60.7 cm³/mol. The van der Waals surface area contributed by atoms with Crippen LogP contribution >= 0.6 is 0 Å². The molecule has 0 spiro atoms. The number of halogens is 2. The molecule has 0 aliphatic rings. The highest BCUT2D eigenvalue weighted by atomic mass is 32.2. The molecule has 0 unspecified atom stereocenters. The molecule has 88 valence electrons. The maximum atomic E-state index is 13.0. The third kappa shape index (κ3) is 2.94. The van der Waals surface area contributed by atoms with Gasteiger partial charge in [-0.1, -0.05) is 6.07 Å². The minimum Gasteiger partial charge on any atom is -0.260 e. The van der Waals surface area contributed by atoms with Gasteiger partial charge in [-0.05, 0) is 30.3 Å². The molecule has 0 amide bonds. The molecule has 0 N–H and O–H groups in total. The van der Waals surface area contributed by atoms with E-state index in [9.17, 15) is 13.0 Å². The van der Waals surface area contributed by atoms with Crippen molar-refractivity contribution in [2.75, 3.05) is 0 Å². The second-order valence-electron chi connectivity index (χ2n) is 3.39. The summed E-state index contributed by atoms with van der Waals surface area (Å²) in [5, 5.41) is 0. The first-order chi connectivity index (χ1) is 8.16. The maximum Gasteiger partial charge on any atom is 0.160 e. The molecule has 0 saturated carbocycles. The summed E-state index contributed by atoms with van der Waals surface area (Å²) < 4.78 is 37.5. The van der Waals surface area contributed by atoms with Crippen molar-refractivity contribution in [2.24, 2.45) is 0 Å². The Morgan fingerprint density at radius 2 is 1.94 bits per heavy atom. The summed E-state index contributed by atoms with van der Waals surface area (Å²) in [6.45, 7) is 0. The highest BCUT2D eigenvalue weighted by Crippen LogP contribution is 2.14. The van der Waals surface area contributed by atoms with Crippen molar-refractivity contribution in [3.05, 3.63) is 59.9 Å². The van der Waals surface area contributed by atoms with E-state index >= 15 is 0 Å². The second kappa shape index (κ2) is 5.14. The molecular weight excluding hydrogens is 244 g/mol. The zero-order chi connectivity index (χ0) is 12.3. The normalized spacial score (nSPS) is 12.4. The molecule has 0 aliphatic carbocycles. The van der Waals surface area contributed by atoms with Gasteiger partial charge in [0.15, 0.2) is 11.6 Å². The quantitative estimate of drug-likeness (QED) is 0.841. The van der Waals surface area contributed by atoms with Crippen LogP contribution in [0, 0.1) is 11.6 Å². The Hall–Kier alpha value is -1.62. The number of hydrogen-bond acceptors (Lipinski definition) is 2. The van der Waals surface area contributed by atoms with Gasteiger partial charge in [-0.2, -0.15) is 0 Å². The van der Waals surface area contributed by atoms with Crippen molar-refractivity contribution in [1.29, 1.82) is 0 Å². The Labute approximate surface area is 99.8 Å². The molecule has 17 heavy (non-hydrogen) atoms. The summed E-state index contributed by atoms with van der Waals surface area (Å²) in [5.41, 5.74) is 0.649. The predicted octanol–water partition coefficient (Wildman–Crippen LogP) is 2.67. The Kier molecular flexibility index (Phi) is 3.58. The van der Waals surface area contributed by atoms with Gasteiger partial charge in [0.05, 0.1) is 22.2 Å². The van der Waals surface area contributed by atoms with Crippen LogP contribution in [-0.4, -0.2) is 9.19 Å². The minimum absolute atomic E-state index is 0.186. The number of nitrogens with zero attached hydrogens (tertiary/aromatic N) is 1. The summed E-state index contributed by atoms with van der Waals surface area (Å²) in [6, 6.07) is 8.51. The molecule has 0 radical (unpaired) electrons. The monoisotopic (exact) mass is 253 g/mol. The van der Waals surface area contributed by atoms with Crippen LogP contribution in [-0.2, 0) is 16.6 Å². The zero-order valence-corrected chi connectivity index (χ0v) is 9.58. The summed E-state index contributed by atoms with van der Waals surface area (Å²) in [6.07, 6.45) is 1.60. The number of rotatable bonds is 3. The van der Waals surface area contributed by atoms with Crippen molar-refractivity contribution in [2.45, 2.75) is 10.6 Å². The van der Waals surface area contributed by atoms with E-state index in [2.05, 4.69) is 4.98 Å². The van der Waals surface area contributed by atoms with Crippen LogP contribution in [0.3, 0.4) is 0 Å². The van der Waals surface area contributed by atoms with E-state index in [4.69, 9.17) is 0 Å². The summed E-state index contributed by atoms with van der Waals surface area (Å²) in [4.78, 5) is 4.28. The minimum atomic E-state index is -1.42. The molecule has 0 bridgehead atoms. The molecule has 2 rings (SSSR count). The Balaban J connectivity index is 2.18. The fraction of sp³-hybridized carbons (Fsp3) is 0.0833. The second-order valence-corrected chi connectivity index (χ2v) is 4.84. The van der Waals surface area contributed by atoms with Gasteiger partial charge in [0.2, 0.25) is 0 Å². The molecule has 1 atom stereocenters. The molecule has 1 aromatic heterocycles. The first-order valence-electron chi connectivity index (χ1n) is 4.90. The fourth-order valence-electron chi connectivity index (χ4n) is 1.32. The van der Waals surface area contributed by atoms with Gasteiger partial charge in [0, 0.05) is 11.1 Å². The van der Waals surface area contributed by atoms with Gasteiger partial charge in [0.25, 0.3) is 0 Å². The van der Waals surface area contributed by atoms with E-state index < -0.39 is 22.4 Å². The maximum absolute atomic E-state index is 13.0. The highest BCUT2D eigenvalue weighted by Gasteiger charge is 2.09. The number of hydrogen-bond donors (Lipinski definition) is 0. The third-order valence-electron chi connectivity index (χ3n) is 2.16. The average molecular weight is 253 g/mol. The lowest BCUT2D eigenvalue weighted by molar-refractivity contribution is 0.505. The lowest BCUT2D eigenvalue weighted by Crippen LogP contribution is -1.99. The first-order valence-corrected chi connectivity index (χ1v) is 6.22. The molecule has 0 fully saturated rings. The van der Waals surface area contributed by atoms with Crippen molar-refractivity contribution < 1.29 is 13.0 Å². The lowest BCUT2D eigenvalue weighted by atomic mass is 10.3. The van der Waals surface area contributed by atoms with Crippen LogP contribution in [0.15, 0.2) is 47.5 Å². The van der Waals surface area contributed by atoms with Crippen LogP contribution in [0.4, 0.5) is 8.78 Å². The summed E-state index contributed by atoms with van der Waals surface area (Å²) >= 11 is 0. The molecular formula is C12H9F2NOS. The molecule has 2 nitrogen and oxygen atoms in total. The average Bonchev–Trinajstić information content (AvgIpc) is 2.34. The van der Waals surface area contributed by atoms with E-state index in [1.807, 2.05) is 0 Å². The van der Waals surface area contributed by atoms with Crippen LogP contribution < -0.4 is 0 Å². The molecule has 2 aromatic rings. The lowest BCUT2D eigenvalue weighted by Gasteiger charge is -2.02. The zero-order valence-electron chi connectivity index (χ0n) is 8.77. The van der Waals surface area contributed by atoms with Crippen molar-refractivity contribution >= 4 is 10.8 Å². The Morgan fingerprint density at radius 3 is 2.59 bits per heavy atom. The van der Waals surface area contributed by atoms with E-state index in [0.29, 0.717) is 5.69 Å². The van der Waals surface area contributed by atoms with Crippen LogP contribution in [0.5, 0.6) is 0 Å². The largest absolute Gasteiger partial charge is 0.260 e. The van der Waals surface area contributed by atoms with Gasteiger partial charge >= 0.3 is 0 Å². The van der Waals surface area contributed by atoms with Crippen LogP contribution in [0.2, 0.25) is 0 Å². The van der Waals surface area contributed by atoms with Gasteiger partial charge in [-0.3, -0.25) is 9.19 Å². The van der Waals surface area contributed by atoms with Gasteiger partial charge in [0.1, 0.15) is 0 Å². The number of pyridine rings is 1. The smallest absolute Gasteiger partial charge is 0.160 e.